The summed E-state index contributed by atoms with van der Waals surface area (Å²) in [7, 11) is 0. The second-order valence-electron chi connectivity index (χ2n) is 6.32. The van der Waals surface area contributed by atoms with E-state index in [1.807, 2.05) is 0 Å². The highest BCUT2D eigenvalue weighted by Gasteiger charge is 2.28. The Hall–Kier alpha value is -1.49. The molecule has 0 radical (unpaired) electrons. The number of fused-ring (bicyclic) bond motifs is 1. The van der Waals surface area contributed by atoms with Gasteiger partial charge in [0.1, 0.15) is 0 Å². The van der Waals surface area contributed by atoms with Crippen molar-refractivity contribution in [3.05, 3.63) is 42.1 Å². The second kappa shape index (κ2) is 6.32. The largest absolute Gasteiger partial charge is 0.379 e. The third kappa shape index (κ3) is 3.00. The van der Waals surface area contributed by atoms with Crippen LogP contribution in [0.2, 0.25) is 0 Å². The molecule has 2 aliphatic heterocycles. The molecular weight excluding hydrogens is 274 g/mol. The van der Waals surface area contributed by atoms with Gasteiger partial charge in [-0.1, -0.05) is 24.3 Å². The van der Waals surface area contributed by atoms with E-state index in [0.29, 0.717) is 6.04 Å². The van der Waals surface area contributed by atoms with Gasteiger partial charge in [0.15, 0.2) is 0 Å². The van der Waals surface area contributed by atoms with Crippen LogP contribution in [0.3, 0.4) is 0 Å². The summed E-state index contributed by atoms with van der Waals surface area (Å²) in [4.78, 5) is 9.93. The smallest absolute Gasteiger partial charge is 0.0705 e. The Bertz CT molecular complexity index is 639. The second-order valence-corrected chi connectivity index (χ2v) is 6.32. The topological polar surface area (TPSA) is 28.6 Å². The van der Waals surface area contributed by atoms with E-state index in [2.05, 4.69) is 46.2 Å². The van der Waals surface area contributed by atoms with Gasteiger partial charge in [0.25, 0.3) is 0 Å². The minimum Gasteiger partial charge on any atom is -0.379 e. The number of likely N-dealkylation sites (tertiary alicyclic amines) is 1. The third-order valence-electron chi connectivity index (χ3n) is 4.85. The number of nitrogens with zero attached hydrogens (tertiary/aromatic N) is 3. The van der Waals surface area contributed by atoms with Crippen LogP contribution in [0.1, 0.15) is 12.1 Å². The average Bonchev–Trinajstić information content (AvgIpc) is 3.04. The molecular formula is C18H23N3O. The van der Waals surface area contributed by atoms with Crippen molar-refractivity contribution in [2.45, 2.75) is 19.0 Å². The lowest BCUT2D eigenvalue weighted by molar-refractivity contribution is 0.0183. The molecule has 1 aromatic heterocycles. The highest BCUT2D eigenvalue weighted by atomic mass is 16.5. The number of pyridine rings is 1. The normalized spacial score (nSPS) is 24.1. The van der Waals surface area contributed by atoms with Crippen molar-refractivity contribution in [1.29, 1.82) is 0 Å². The maximum atomic E-state index is 5.46. The quantitative estimate of drug-likeness (QED) is 0.868. The molecule has 4 rings (SSSR count). The third-order valence-corrected chi connectivity index (χ3v) is 4.85. The van der Waals surface area contributed by atoms with Gasteiger partial charge in [0.05, 0.1) is 24.4 Å². The minimum atomic E-state index is 0.698. The Morgan fingerprint density at radius 1 is 1.05 bits per heavy atom. The van der Waals surface area contributed by atoms with E-state index in [0.717, 1.165) is 44.9 Å². The van der Waals surface area contributed by atoms with Gasteiger partial charge >= 0.3 is 0 Å². The Morgan fingerprint density at radius 3 is 2.82 bits per heavy atom. The lowest BCUT2D eigenvalue weighted by atomic mass is 10.2. The van der Waals surface area contributed by atoms with Crippen LogP contribution in [-0.4, -0.2) is 60.2 Å². The Balaban J connectivity index is 1.40. The summed E-state index contributed by atoms with van der Waals surface area (Å²) in [5, 5.41) is 1.22. The predicted molar refractivity (Wildman–Crippen MR) is 87.8 cm³/mol. The number of rotatable bonds is 3. The van der Waals surface area contributed by atoms with Crippen LogP contribution in [0, 0.1) is 0 Å². The Morgan fingerprint density at radius 2 is 1.91 bits per heavy atom. The van der Waals surface area contributed by atoms with Gasteiger partial charge in [-0.25, -0.2) is 0 Å². The molecule has 2 fully saturated rings. The molecule has 0 bridgehead atoms. The summed E-state index contributed by atoms with van der Waals surface area (Å²) >= 11 is 0. The maximum absolute atomic E-state index is 5.46. The van der Waals surface area contributed by atoms with E-state index in [1.54, 1.807) is 0 Å². The number of benzene rings is 1. The van der Waals surface area contributed by atoms with Crippen molar-refractivity contribution in [1.82, 2.24) is 14.8 Å². The van der Waals surface area contributed by atoms with Crippen LogP contribution in [0.25, 0.3) is 10.9 Å². The van der Waals surface area contributed by atoms with Crippen LogP contribution in [0.4, 0.5) is 0 Å². The van der Waals surface area contributed by atoms with Gasteiger partial charge in [-0.15, -0.1) is 0 Å². The predicted octanol–water partition coefficient (Wildman–Crippen LogP) is 2.14. The monoisotopic (exact) mass is 297 g/mol. The molecule has 0 aliphatic carbocycles. The molecule has 0 amide bonds. The number of hydrogen-bond acceptors (Lipinski definition) is 4. The lowest BCUT2D eigenvalue weighted by Crippen LogP contribution is -2.44. The van der Waals surface area contributed by atoms with Crippen molar-refractivity contribution in [3.8, 4) is 0 Å². The molecule has 2 saturated heterocycles. The van der Waals surface area contributed by atoms with Crippen molar-refractivity contribution in [3.63, 3.8) is 0 Å². The van der Waals surface area contributed by atoms with E-state index in [-0.39, 0.29) is 0 Å². The summed E-state index contributed by atoms with van der Waals surface area (Å²) in [5.41, 5.74) is 2.28. The lowest BCUT2D eigenvalue weighted by Gasteiger charge is -2.32. The van der Waals surface area contributed by atoms with Gasteiger partial charge in [0, 0.05) is 44.2 Å². The highest BCUT2D eigenvalue weighted by molar-refractivity contribution is 5.78. The summed E-state index contributed by atoms with van der Waals surface area (Å²) in [5.74, 6) is 0. The molecule has 1 unspecified atom stereocenters. The molecule has 116 valence electrons. The van der Waals surface area contributed by atoms with E-state index in [1.165, 1.54) is 24.0 Å². The number of hydrogen-bond donors (Lipinski definition) is 0. The molecule has 2 aromatic rings. The van der Waals surface area contributed by atoms with E-state index in [4.69, 9.17) is 9.72 Å². The molecule has 1 aromatic carbocycles. The Labute approximate surface area is 131 Å². The molecule has 3 heterocycles. The molecule has 0 saturated carbocycles. The van der Waals surface area contributed by atoms with Crippen molar-refractivity contribution >= 4 is 10.9 Å². The minimum absolute atomic E-state index is 0.698. The zero-order valence-corrected chi connectivity index (χ0v) is 12.9. The van der Waals surface area contributed by atoms with Crippen LogP contribution in [0.5, 0.6) is 0 Å². The van der Waals surface area contributed by atoms with Crippen LogP contribution >= 0.6 is 0 Å². The number of morpholine rings is 1. The van der Waals surface area contributed by atoms with Gasteiger partial charge in [-0.05, 0) is 18.6 Å². The first-order valence-electron chi connectivity index (χ1n) is 8.27. The highest BCUT2D eigenvalue weighted by Crippen LogP contribution is 2.19. The maximum Gasteiger partial charge on any atom is 0.0705 e. The standard InChI is InChI=1S/C18H23N3O/c1-2-4-18-15(3-1)5-6-16(19-18)13-20-8-7-17(14-20)21-9-11-22-12-10-21/h1-6,17H,7-14H2. The van der Waals surface area contributed by atoms with Gasteiger partial charge < -0.3 is 4.74 Å². The van der Waals surface area contributed by atoms with Crippen molar-refractivity contribution in [2.75, 3.05) is 39.4 Å². The molecule has 0 spiro atoms. The fraction of sp³-hybridized carbons (Fsp3) is 0.500. The van der Waals surface area contributed by atoms with E-state index in [9.17, 15) is 0 Å². The van der Waals surface area contributed by atoms with Gasteiger partial charge in [-0.2, -0.15) is 0 Å². The first-order valence-corrected chi connectivity index (χ1v) is 8.27. The average molecular weight is 297 g/mol. The summed E-state index contributed by atoms with van der Waals surface area (Å²) in [6, 6.07) is 13.4. The fourth-order valence-corrected chi connectivity index (χ4v) is 3.62. The SMILES string of the molecule is c1ccc2nc(CN3CCC(N4CCOCC4)C3)ccc2c1. The fourth-order valence-electron chi connectivity index (χ4n) is 3.62. The van der Waals surface area contributed by atoms with Crippen LogP contribution < -0.4 is 0 Å². The zero-order valence-electron chi connectivity index (χ0n) is 12.9. The van der Waals surface area contributed by atoms with Crippen molar-refractivity contribution in [2.24, 2.45) is 0 Å². The first-order chi connectivity index (χ1) is 10.9. The van der Waals surface area contributed by atoms with Gasteiger partial charge in [-0.3, -0.25) is 14.8 Å². The van der Waals surface area contributed by atoms with Gasteiger partial charge in [0.2, 0.25) is 0 Å². The summed E-state index contributed by atoms with van der Waals surface area (Å²) in [6.45, 7) is 7.27. The molecule has 4 nitrogen and oxygen atoms in total. The number of aromatic nitrogens is 1. The van der Waals surface area contributed by atoms with Crippen molar-refractivity contribution < 1.29 is 4.74 Å². The van der Waals surface area contributed by atoms with E-state index < -0.39 is 0 Å². The number of para-hydroxylation sites is 1. The first kappa shape index (κ1) is 14.1. The molecule has 22 heavy (non-hydrogen) atoms. The zero-order chi connectivity index (χ0) is 14.8. The molecule has 0 N–H and O–H groups in total. The van der Waals surface area contributed by atoms with Crippen LogP contribution in [0.15, 0.2) is 36.4 Å². The summed E-state index contributed by atoms with van der Waals surface area (Å²) in [6.07, 6.45) is 1.27. The summed E-state index contributed by atoms with van der Waals surface area (Å²) < 4.78 is 5.46. The van der Waals surface area contributed by atoms with Crippen LogP contribution in [-0.2, 0) is 11.3 Å². The number of ether oxygens (including phenoxy) is 1. The Kier molecular flexibility index (Phi) is 4.06. The molecule has 1 atom stereocenters. The van der Waals surface area contributed by atoms with E-state index >= 15 is 0 Å². The molecule has 2 aliphatic rings. The molecule has 4 heteroatoms.